The minimum absolute atomic E-state index is 0.0670. The molecule has 21 heavy (non-hydrogen) atoms. The minimum atomic E-state index is -0.277. The molecule has 1 heterocycles. The average Bonchev–Trinajstić information content (AvgIpc) is 2.85. The van der Waals surface area contributed by atoms with Crippen LogP contribution in [0, 0.1) is 0 Å². The maximum Gasteiger partial charge on any atom is 0.256 e. The highest BCUT2D eigenvalue weighted by molar-refractivity contribution is 6.32. The number of para-hydroxylation sites is 1. The van der Waals surface area contributed by atoms with Gasteiger partial charge in [-0.1, -0.05) is 18.2 Å². The van der Waals surface area contributed by atoms with Gasteiger partial charge >= 0.3 is 0 Å². The molecule has 0 fully saturated rings. The lowest BCUT2D eigenvalue weighted by atomic mass is 10.1. The molecule has 5 heteroatoms. The van der Waals surface area contributed by atoms with Gasteiger partial charge in [-0.2, -0.15) is 0 Å². The van der Waals surface area contributed by atoms with E-state index in [-0.39, 0.29) is 23.3 Å². The molecule has 4 nitrogen and oxygen atoms in total. The minimum Gasteiger partial charge on any atom is -0.491 e. The van der Waals surface area contributed by atoms with Gasteiger partial charge in [0.2, 0.25) is 5.22 Å². The van der Waals surface area contributed by atoms with E-state index in [0.29, 0.717) is 5.56 Å². The lowest BCUT2D eigenvalue weighted by Crippen LogP contribution is -2.27. The van der Waals surface area contributed by atoms with Gasteiger partial charge in [-0.05, 0) is 44.5 Å². The second kappa shape index (κ2) is 6.68. The first-order chi connectivity index (χ1) is 9.99. The number of hydrogen-bond donors (Lipinski definition) is 1. The molecule has 1 unspecified atom stereocenters. The molecule has 1 aromatic heterocycles. The summed E-state index contributed by atoms with van der Waals surface area (Å²) in [5.74, 6) is 0.485. The van der Waals surface area contributed by atoms with E-state index in [1.807, 2.05) is 45.0 Å². The highest BCUT2D eigenvalue weighted by atomic mass is 35.5. The van der Waals surface area contributed by atoms with Crippen molar-refractivity contribution in [3.63, 3.8) is 0 Å². The number of carbonyl (C=O) groups excluding carboxylic acids is 1. The fourth-order valence-electron chi connectivity index (χ4n) is 2.01. The summed E-state index contributed by atoms with van der Waals surface area (Å²) in [6.45, 7) is 5.82. The molecule has 0 saturated carbocycles. The van der Waals surface area contributed by atoms with E-state index in [9.17, 15) is 4.79 Å². The van der Waals surface area contributed by atoms with Gasteiger partial charge in [-0.25, -0.2) is 0 Å². The number of amides is 1. The predicted octanol–water partition coefficient (Wildman–Crippen LogP) is 4.21. The molecule has 1 N–H and O–H groups in total. The van der Waals surface area contributed by atoms with Crippen molar-refractivity contribution in [2.24, 2.45) is 0 Å². The summed E-state index contributed by atoms with van der Waals surface area (Å²) in [6, 6.07) is 8.97. The zero-order chi connectivity index (χ0) is 15.4. The monoisotopic (exact) mass is 307 g/mol. The third kappa shape index (κ3) is 3.79. The molecule has 0 bridgehead atoms. The smallest absolute Gasteiger partial charge is 0.256 e. The molecule has 1 amide bonds. The zero-order valence-corrected chi connectivity index (χ0v) is 13.0. The molecule has 2 aromatic rings. The Bertz CT molecular complexity index is 621. The topological polar surface area (TPSA) is 51.5 Å². The maximum atomic E-state index is 12.1. The van der Waals surface area contributed by atoms with Crippen LogP contribution in [-0.2, 0) is 0 Å². The molecule has 1 aromatic carbocycles. The lowest BCUT2D eigenvalue weighted by Gasteiger charge is -2.19. The van der Waals surface area contributed by atoms with Crippen molar-refractivity contribution >= 4 is 17.5 Å². The van der Waals surface area contributed by atoms with Crippen molar-refractivity contribution in [2.75, 3.05) is 0 Å². The highest BCUT2D eigenvalue weighted by Gasteiger charge is 2.18. The van der Waals surface area contributed by atoms with Crippen LogP contribution in [0.15, 0.2) is 41.0 Å². The Hall–Kier alpha value is -1.94. The van der Waals surface area contributed by atoms with Gasteiger partial charge in [0, 0.05) is 5.56 Å². The summed E-state index contributed by atoms with van der Waals surface area (Å²) in [4.78, 5) is 12.1. The van der Waals surface area contributed by atoms with Crippen molar-refractivity contribution in [3.05, 3.63) is 52.9 Å². The molecule has 0 spiro atoms. The molecular formula is C16H18ClNO3. The van der Waals surface area contributed by atoms with Crippen molar-refractivity contribution < 1.29 is 13.9 Å². The molecule has 0 saturated heterocycles. The second-order valence-corrected chi connectivity index (χ2v) is 5.35. The normalized spacial score (nSPS) is 12.2. The molecule has 1 atom stereocenters. The van der Waals surface area contributed by atoms with E-state index in [1.165, 1.54) is 6.26 Å². The summed E-state index contributed by atoms with van der Waals surface area (Å²) in [7, 11) is 0. The molecule has 0 aliphatic rings. The Morgan fingerprint density at radius 3 is 2.57 bits per heavy atom. The number of carbonyl (C=O) groups is 1. The Balaban J connectivity index is 2.15. The van der Waals surface area contributed by atoms with Crippen molar-refractivity contribution in [1.29, 1.82) is 0 Å². The average molecular weight is 308 g/mol. The van der Waals surface area contributed by atoms with E-state index >= 15 is 0 Å². The number of hydrogen-bond acceptors (Lipinski definition) is 3. The Morgan fingerprint density at radius 2 is 1.95 bits per heavy atom. The third-order valence-electron chi connectivity index (χ3n) is 2.96. The van der Waals surface area contributed by atoms with Crippen LogP contribution in [0.25, 0.3) is 0 Å². The van der Waals surface area contributed by atoms with Crippen LogP contribution in [0.4, 0.5) is 0 Å². The van der Waals surface area contributed by atoms with Crippen LogP contribution < -0.4 is 10.1 Å². The fourth-order valence-corrected chi connectivity index (χ4v) is 2.21. The highest BCUT2D eigenvalue weighted by Crippen LogP contribution is 2.26. The third-order valence-corrected chi connectivity index (χ3v) is 3.25. The second-order valence-electron chi connectivity index (χ2n) is 5.01. The SMILES string of the molecule is CC(C)Oc1ccccc1C(C)NC(=O)c1ccoc1Cl. The molecule has 112 valence electrons. The maximum absolute atomic E-state index is 12.1. The van der Waals surface area contributed by atoms with Gasteiger partial charge in [0.05, 0.1) is 24.0 Å². The number of rotatable bonds is 5. The van der Waals surface area contributed by atoms with E-state index in [4.69, 9.17) is 20.8 Å². The Kier molecular flexibility index (Phi) is 4.91. The fraction of sp³-hybridized carbons (Fsp3) is 0.312. The standard InChI is InChI=1S/C16H18ClNO3/c1-10(2)21-14-7-5-4-6-12(14)11(3)18-16(19)13-8-9-20-15(13)17/h4-11H,1-3H3,(H,18,19). The molecular weight excluding hydrogens is 290 g/mol. The summed E-state index contributed by atoms with van der Waals surface area (Å²) < 4.78 is 10.7. The molecule has 0 aliphatic heterocycles. The van der Waals surface area contributed by atoms with Gasteiger partial charge in [0.25, 0.3) is 5.91 Å². The van der Waals surface area contributed by atoms with Gasteiger partial charge in [0.15, 0.2) is 0 Å². The van der Waals surface area contributed by atoms with E-state index in [1.54, 1.807) is 6.07 Å². The zero-order valence-electron chi connectivity index (χ0n) is 12.2. The van der Waals surface area contributed by atoms with Crippen molar-refractivity contribution in [1.82, 2.24) is 5.32 Å². The first-order valence-corrected chi connectivity index (χ1v) is 7.16. The van der Waals surface area contributed by atoms with Gasteiger partial charge < -0.3 is 14.5 Å². The van der Waals surface area contributed by atoms with Crippen LogP contribution >= 0.6 is 11.6 Å². The number of furan rings is 1. The first-order valence-electron chi connectivity index (χ1n) is 6.78. The Labute approximate surface area is 129 Å². The molecule has 2 rings (SSSR count). The van der Waals surface area contributed by atoms with Crippen LogP contribution in [0.3, 0.4) is 0 Å². The van der Waals surface area contributed by atoms with Crippen LogP contribution in [0.1, 0.15) is 42.7 Å². The summed E-state index contributed by atoms with van der Waals surface area (Å²) >= 11 is 5.81. The summed E-state index contributed by atoms with van der Waals surface area (Å²) in [5, 5.41) is 2.98. The largest absolute Gasteiger partial charge is 0.491 e. The molecule has 0 aliphatic carbocycles. The van der Waals surface area contributed by atoms with E-state index in [2.05, 4.69) is 5.32 Å². The number of ether oxygens (including phenoxy) is 1. The van der Waals surface area contributed by atoms with Gasteiger partial charge in [-0.15, -0.1) is 0 Å². The first kappa shape index (κ1) is 15.4. The van der Waals surface area contributed by atoms with E-state index in [0.717, 1.165) is 11.3 Å². The predicted molar refractivity (Wildman–Crippen MR) is 81.8 cm³/mol. The number of halogens is 1. The summed E-state index contributed by atoms with van der Waals surface area (Å²) in [6.07, 6.45) is 1.45. The number of benzene rings is 1. The molecule has 0 radical (unpaired) electrons. The van der Waals surface area contributed by atoms with E-state index < -0.39 is 0 Å². The van der Waals surface area contributed by atoms with Gasteiger partial charge in [-0.3, -0.25) is 4.79 Å². The summed E-state index contributed by atoms with van der Waals surface area (Å²) in [5.41, 5.74) is 1.24. The van der Waals surface area contributed by atoms with Crippen molar-refractivity contribution in [3.8, 4) is 5.75 Å². The lowest BCUT2D eigenvalue weighted by molar-refractivity contribution is 0.0939. The van der Waals surface area contributed by atoms with Crippen molar-refractivity contribution in [2.45, 2.75) is 32.9 Å². The Morgan fingerprint density at radius 1 is 1.24 bits per heavy atom. The number of nitrogens with one attached hydrogen (secondary N) is 1. The van der Waals surface area contributed by atoms with Crippen LogP contribution in [0.5, 0.6) is 5.75 Å². The van der Waals surface area contributed by atoms with Gasteiger partial charge in [0.1, 0.15) is 5.75 Å². The van der Waals surface area contributed by atoms with Crippen LogP contribution in [0.2, 0.25) is 5.22 Å². The quantitative estimate of drug-likeness (QED) is 0.900. The van der Waals surface area contributed by atoms with Crippen LogP contribution in [-0.4, -0.2) is 12.0 Å².